The molecule has 2 aliphatic heterocycles. The summed E-state index contributed by atoms with van der Waals surface area (Å²) in [5.41, 5.74) is 5.40. The van der Waals surface area contributed by atoms with Gasteiger partial charge in [-0.1, -0.05) is 13.8 Å². The highest BCUT2D eigenvalue weighted by atomic mass is 127. The molecule has 2 aliphatic rings. The van der Waals surface area contributed by atoms with Crippen molar-refractivity contribution in [2.75, 3.05) is 46.3 Å². The molecular weight excluding hydrogens is 453 g/mol. The second-order valence-corrected chi connectivity index (χ2v) is 8.43. The highest BCUT2D eigenvalue weighted by Gasteiger charge is 2.25. The number of hydrogen-bond donors (Lipinski definition) is 2. The number of nitrogens with two attached hydrogens (primary N) is 1. The highest BCUT2D eigenvalue weighted by molar-refractivity contribution is 14.0. The fraction of sp³-hybridized carbons (Fsp3) is 0.900. The number of nitrogens with zero attached hydrogens (tertiary/aromatic N) is 3. The topological polar surface area (TPSA) is 74.0 Å². The number of carbonyl (C=O) groups excluding carboxylic acids is 1. The number of nitrogens with one attached hydrogen (secondary N) is 1. The first kappa shape index (κ1) is 24.5. The Morgan fingerprint density at radius 2 is 1.89 bits per heavy atom. The average Bonchev–Trinajstić information content (AvgIpc) is 3.06. The van der Waals surface area contributed by atoms with Crippen LogP contribution in [-0.2, 0) is 4.79 Å². The van der Waals surface area contributed by atoms with E-state index in [0.717, 1.165) is 76.3 Å². The van der Waals surface area contributed by atoms with Crippen LogP contribution in [-0.4, -0.2) is 68.0 Å². The van der Waals surface area contributed by atoms with Crippen LogP contribution >= 0.6 is 24.0 Å². The van der Waals surface area contributed by atoms with E-state index < -0.39 is 0 Å². The second-order valence-electron chi connectivity index (χ2n) is 8.43. The molecule has 1 unspecified atom stereocenters. The van der Waals surface area contributed by atoms with Crippen molar-refractivity contribution in [2.45, 2.75) is 52.4 Å². The summed E-state index contributed by atoms with van der Waals surface area (Å²) in [4.78, 5) is 20.6. The Morgan fingerprint density at radius 3 is 2.48 bits per heavy atom. The number of likely N-dealkylation sites (tertiary alicyclic amines) is 2. The molecule has 0 aromatic carbocycles. The van der Waals surface area contributed by atoms with Crippen molar-refractivity contribution in [3.63, 3.8) is 0 Å². The van der Waals surface area contributed by atoms with Crippen LogP contribution in [0.4, 0.5) is 0 Å². The van der Waals surface area contributed by atoms with E-state index in [1.54, 1.807) is 0 Å². The Hall–Kier alpha value is -0.570. The molecule has 1 atom stereocenters. The lowest BCUT2D eigenvalue weighted by molar-refractivity contribution is -0.123. The summed E-state index contributed by atoms with van der Waals surface area (Å²) in [7, 11) is 1.89. The molecule has 0 spiro atoms. The van der Waals surface area contributed by atoms with Crippen LogP contribution in [0.1, 0.15) is 52.4 Å². The lowest BCUT2D eigenvalue weighted by Crippen LogP contribution is -2.41. The Kier molecular flexibility index (Phi) is 11.6. The minimum absolute atomic E-state index is 0. The number of carbonyl (C=O) groups is 1. The monoisotopic (exact) mass is 493 g/mol. The first-order valence-corrected chi connectivity index (χ1v) is 10.5. The van der Waals surface area contributed by atoms with Gasteiger partial charge in [-0.25, -0.2) is 0 Å². The van der Waals surface area contributed by atoms with Gasteiger partial charge in [0.25, 0.3) is 0 Å². The number of aliphatic imine (C=N–C) groups is 1. The predicted octanol–water partition coefficient (Wildman–Crippen LogP) is 2.53. The van der Waals surface area contributed by atoms with Gasteiger partial charge in [0.2, 0.25) is 5.91 Å². The number of amides is 1. The van der Waals surface area contributed by atoms with Crippen molar-refractivity contribution >= 4 is 35.8 Å². The molecule has 27 heavy (non-hydrogen) atoms. The van der Waals surface area contributed by atoms with Gasteiger partial charge < -0.3 is 20.9 Å². The molecule has 2 rings (SSSR count). The second kappa shape index (κ2) is 12.8. The maximum atomic E-state index is 11.2. The van der Waals surface area contributed by atoms with Gasteiger partial charge in [-0.05, 0) is 70.0 Å². The zero-order valence-corrected chi connectivity index (χ0v) is 19.8. The first-order valence-electron chi connectivity index (χ1n) is 10.5. The predicted molar refractivity (Wildman–Crippen MR) is 124 cm³/mol. The van der Waals surface area contributed by atoms with Crippen LogP contribution in [0.15, 0.2) is 4.99 Å². The summed E-state index contributed by atoms with van der Waals surface area (Å²) in [6.07, 6.45) is 6.79. The van der Waals surface area contributed by atoms with Crippen molar-refractivity contribution in [3.8, 4) is 0 Å². The minimum Gasteiger partial charge on any atom is -0.369 e. The largest absolute Gasteiger partial charge is 0.369 e. The Labute approximate surface area is 182 Å². The van der Waals surface area contributed by atoms with Crippen molar-refractivity contribution in [3.05, 3.63) is 0 Å². The van der Waals surface area contributed by atoms with Crippen LogP contribution in [0.3, 0.4) is 0 Å². The van der Waals surface area contributed by atoms with Crippen molar-refractivity contribution in [1.82, 2.24) is 15.1 Å². The molecule has 0 bridgehead atoms. The summed E-state index contributed by atoms with van der Waals surface area (Å²) in [5.74, 6) is 2.63. The van der Waals surface area contributed by atoms with Gasteiger partial charge in [-0.2, -0.15) is 0 Å². The van der Waals surface area contributed by atoms with Gasteiger partial charge in [-0.15, -0.1) is 24.0 Å². The number of rotatable bonds is 8. The Balaban J connectivity index is 0.00000364. The molecule has 0 radical (unpaired) electrons. The van der Waals surface area contributed by atoms with E-state index in [2.05, 4.69) is 34.0 Å². The Bertz CT molecular complexity index is 463. The number of guanidine groups is 1. The van der Waals surface area contributed by atoms with Crippen LogP contribution in [0, 0.1) is 17.8 Å². The van der Waals surface area contributed by atoms with Gasteiger partial charge in [0.05, 0.1) is 0 Å². The van der Waals surface area contributed by atoms with Crippen LogP contribution in [0.25, 0.3) is 0 Å². The smallest absolute Gasteiger partial charge is 0.220 e. The third kappa shape index (κ3) is 8.54. The number of unbranched alkanes of at least 4 members (excludes halogenated alkanes) is 1. The van der Waals surface area contributed by atoms with Gasteiger partial charge in [0.1, 0.15) is 0 Å². The fourth-order valence-corrected chi connectivity index (χ4v) is 4.32. The standard InChI is InChI=1S/C20H39N5O.HI/c1-16(2)14-17-6-13-25(15-17)20(22-3)23-9-4-5-10-24-11-7-18(8-12-24)19(21)26;/h16-18H,4-15H2,1-3H3,(H2,21,26)(H,22,23);1H. The van der Waals surface area contributed by atoms with Gasteiger partial charge in [0.15, 0.2) is 5.96 Å². The Morgan fingerprint density at radius 1 is 1.19 bits per heavy atom. The minimum atomic E-state index is -0.127. The van der Waals surface area contributed by atoms with Crippen molar-refractivity contribution in [1.29, 1.82) is 0 Å². The van der Waals surface area contributed by atoms with Crippen molar-refractivity contribution in [2.24, 2.45) is 28.5 Å². The van der Waals surface area contributed by atoms with E-state index in [9.17, 15) is 4.79 Å². The maximum absolute atomic E-state index is 11.2. The van der Waals surface area contributed by atoms with Gasteiger partial charge >= 0.3 is 0 Å². The third-order valence-electron chi connectivity index (χ3n) is 5.78. The van der Waals surface area contributed by atoms with E-state index >= 15 is 0 Å². The third-order valence-corrected chi connectivity index (χ3v) is 5.78. The number of primary amides is 1. The average molecular weight is 493 g/mol. The normalized spacial score (nSPS) is 22.1. The summed E-state index contributed by atoms with van der Waals surface area (Å²) in [6.45, 7) is 11.0. The van der Waals surface area contributed by atoms with E-state index in [-0.39, 0.29) is 35.8 Å². The molecule has 0 aliphatic carbocycles. The van der Waals surface area contributed by atoms with Gasteiger partial charge in [0, 0.05) is 32.6 Å². The quantitative estimate of drug-likeness (QED) is 0.236. The molecule has 1 amide bonds. The molecule has 7 heteroatoms. The summed E-state index contributed by atoms with van der Waals surface area (Å²) >= 11 is 0. The van der Waals surface area contributed by atoms with Crippen molar-refractivity contribution < 1.29 is 4.79 Å². The maximum Gasteiger partial charge on any atom is 0.220 e. The van der Waals surface area contributed by atoms with E-state index in [4.69, 9.17) is 5.73 Å². The molecule has 6 nitrogen and oxygen atoms in total. The molecule has 2 heterocycles. The zero-order valence-electron chi connectivity index (χ0n) is 17.5. The molecule has 0 saturated carbocycles. The number of halogens is 1. The fourth-order valence-electron chi connectivity index (χ4n) is 4.32. The van der Waals surface area contributed by atoms with Crippen LogP contribution in [0.5, 0.6) is 0 Å². The number of hydrogen-bond acceptors (Lipinski definition) is 3. The van der Waals surface area contributed by atoms with Gasteiger partial charge in [-0.3, -0.25) is 9.79 Å². The summed E-state index contributed by atoms with van der Waals surface area (Å²) < 4.78 is 0. The molecular formula is C20H40IN5O. The zero-order chi connectivity index (χ0) is 18.9. The van der Waals surface area contributed by atoms with Crippen LogP contribution in [0.2, 0.25) is 0 Å². The summed E-state index contributed by atoms with van der Waals surface area (Å²) in [5, 5.41) is 3.54. The lowest BCUT2D eigenvalue weighted by Gasteiger charge is -2.30. The molecule has 158 valence electrons. The highest BCUT2D eigenvalue weighted by Crippen LogP contribution is 2.23. The summed E-state index contributed by atoms with van der Waals surface area (Å²) in [6, 6.07) is 0. The SMILES string of the molecule is CN=C(NCCCCN1CCC(C(N)=O)CC1)N1CCC(CC(C)C)C1.I. The molecule has 0 aromatic heterocycles. The molecule has 2 fully saturated rings. The van der Waals surface area contributed by atoms with E-state index in [1.165, 1.54) is 19.3 Å². The first-order chi connectivity index (χ1) is 12.5. The van der Waals surface area contributed by atoms with Crippen LogP contribution < -0.4 is 11.1 Å². The number of piperidine rings is 1. The molecule has 2 saturated heterocycles. The van der Waals surface area contributed by atoms with E-state index in [1.807, 2.05) is 7.05 Å². The van der Waals surface area contributed by atoms with E-state index in [0.29, 0.717) is 0 Å². The molecule has 3 N–H and O–H groups in total. The molecule has 0 aromatic rings. The lowest BCUT2D eigenvalue weighted by atomic mass is 9.96.